The summed E-state index contributed by atoms with van der Waals surface area (Å²) in [6.45, 7) is 7.29. The van der Waals surface area contributed by atoms with Crippen LogP contribution >= 0.6 is 11.3 Å². The lowest BCUT2D eigenvalue weighted by Gasteiger charge is -2.35. The van der Waals surface area contributed by atoms with Crippen molar-refractivity contribution in [3.63, 3.8) is 0 Å². The van der Waals surface area contributed by atoms with Gasteiger partial charge >= 0.3 is 0 Å². The van der Waals surface area contributed by atoms with E-state index in [0.29, 0.717) is 0 Å². The highest BCUT2D eigenvalue weighted by Gasteiger charge is 2.19. The highest BCUT2D eigenvalue weighted by molar-refractivity contribution is 7.18. The molecule has 0 saturated carbocycles. The first-order valence-corrected chi connectivity index (χ1v) is 9.51. The number of benzene rings is 1. The van der Waals surface area contributed by atoms with Gasteiger partial charge < -0.3 is 4.90 Å². The van der Waals surface area contributed by atoms with Gasteiger partial charge in [0.25, 0.3) is 0 Å². The fraction of sp³-hybridized carbons (Fsp3) is 0.300. The Balaban J connectivity index is 1.37. The average Bonchev–Trinajstić information content (AvgIpc) is 3.03. The zero-order valence-electron chi connectivity index (χ0n) is 14.4. The van der Waals surface area contributed by atoms with E-state index in [0.717, 1.165) is 43.4 Å². The second-order valence-corrected chi connectivity index (χ2v) is 7.61. The largest absolute Gasteiger partial charge is 0.353 e. The maximum Gasteiger partial charge on any atom is 0.140 e. The molecule has 0 unspecified atom stereocenters. The molecular weight excluding hydrogens is 328 g/mol. The van der Waals surface area contributed by atoms with Crippen LogP contribution in [-0.2, 0) is 0 Å². The molecule has 0 atom stereocenters. The van der Waals surface area contributed by atoms with Gasteiger partial charge in [0, 0.05) is 37.6 Å². The summed E-state index contributed by atoms with van der Waals surface area (Å²) in [5.41, 5.74) is 1.26. The summed E-state index contributed by atoms with van der Waals surface area (Å²) in [6.07, 6.45) is 6.16. The molecule has 128 valence electrons. The summed E-state index contributed by atoms with van der Waals surface area (Å²) in [5.74, 6) is 1.09. The lowest BCUT2D eigenvalue weighted by Crippen LogP contribution is -2.46. The molecule has 3 heterocycles. The van der Waals surface area contributed by atoms with Gasteiger partial charge in [-0.15, -0.1) is 11.3 Å². The van der Waals surface area contributed by atoms with E-state index in [2.05, 4.69) is 75.2 Å². The van der Waals surface area contributed by atoms with Crippen LogP contribution in [0.15, 0.2) is 48.8 Å². The first-order valence-electron chi connectivity index (χ1n) is 8.69. The SMILES string of the molecule is Cc1cc2c(N3CCN(C/C=C/c4ccccc4)CC3)ncnc2s1. The fourth-order valence-corrected chi connectivity index (χ4v) is 4.10. The summed E-state index contributed by atoms with van der Waals surface area (Å²) < 4.78 is 0. The molecule has 0 radical (unpaired) electrons. The van der Waals surface area contributed by atoms with Gasteiger partial charge in [0.15, 0.2) is 0 Å². The Morgan fingerprint density at radius 2 is 1.88 bits per heavy atom. The van der Waals surface area contributed by atoms with Crippen LogP contribution in [0.3, 0.4) is 0 Å². The number of fused-ring (bicyclic) bond motifs is 1. The van der Waals surface area contributed by atoms with Crippen molar-refractivity contribution < 1.29 is 0 Å². The van der Waals surface area contributed by atoms with E-state index < -0.39 is 0 Å². The Hall–Kier alpha value is -2.24. The zero-order chi connectivity index (χ0) is 17.1. The minimum Gasteiger partial charge on any atom is -0.353 e. The third-order valence-corrected chi connectivity index (χ3v) is 5.54. The number of hydrogen-bond donors (Lipinski definition) is 0. The number of thiophene rings is 1. The molecule has 25 heavy (non-hydrogen) atoms. The molecule has 0 amide bonds. The number of nitrogens with zero attached hydrogens (tertiary/aromatic N) is 4. The number of aromatic nitrogens is 2. The highest BCUT2D eigenvalue weighted by Crippen LogP contribution is 2.30. The molecule has 0 aliphatic carbocycles. The van der Waals surface area contributed by atoms with Gasteiger partial charge in [-0.25, -0.2) is 9.97 Å². The Bertz CT molecular complexity index is 864. The van der Waals surface area contributed by atoms with Gasteiger partial charge in [-0.1, -0.05) is 42.5 Å². The second-order valence-electron chi connectivity index (χ2n) is 6.37. The number of hydrogen-bond acceptors (Lipinski definition) is 5. The van der Waals surface area contributed by atoms with Crippen molar-refractivity contribution in [2.75, 3.05) is 37.6 Å². The van der Waals surface area contributed by atoms with Crippen LogP contribution in [0.4, 0.5) is 5.82 Å². The standard InChI is InChI=1S/C20H22N4S/c1-16-14-18-19(21-15-22-20(18)25-16)24-12-10-23(11-13-24)9-5-8-17-6-3-2-4-7-17/h2-8,14-15H,9-13H2,1H3/b8-5+. The predicted octanol–water partition coefficient (Wildman–Crippen LogP) is 3.84. The van der Waals surface area contributed by atoms with Crippen molar-refractivity contribution in [2.24, 2.45) is 0 Å². The Morgan fingerprint density at radius 3 is 2.68 bits per heavy atom. The zero-order valence-corrected chi connectivity index (χ0v) is 15.2. The molecular formula is C20H22N4S. The molecule has 1 aromatic carbocycles. The first kappa shape index (κ1) is 16.2. The van der Waals surface area contributed by atoms with Crippen LogP contribution < -0.4 is 4.90 Å². The van der Waals surface area contributed by atoms with E-state index in [1.54, 1.807) is 17.7 Å². The Kier molecular flexibility index (Phi) is 4.76. The van der Waals surface area contributed by atoms with E-state index >= 15 is 0 Å². The molecule has 1 saturated heterocycles. The number of piperazine rings is 1. The van der Waals surface area contributed by atoms with Crippen LogP contribution in [0.1, 0.15) is 10.4 Å². The molecule has 0 spiro atoms. The maximum absolute atomic E-state index is 4.56. The van der Waals surface area contributed by atoms with Crippen molar-refractivity contribution >= 4 is 33.4 Å². The van der Waals surface area contributed by atoms with Crippen molar-refractivity contribution in [2.45, 2.75) is 6.92 Å². The summed E-state index contributed by atoms with van der Waals surface area (Å²) in [5, 5.41) is 1.20. The Morgan fingerprint density at radius 1 is 1.08 bits per heavy atom. The predicted molar refractivity (Wildman–Crippen MR) is 106 cm³/mol. The highest BCUT2D eigenvalue weighted by atomic mass is 32.1. The molecule has 1 fully saturated rings. The number of aryl methyl sites for hydroxylation is 1. The van der Waals surface area contributed by atoms with Gasteiger partial charge in [0.1, 0.15) is 17.0 Å². The van der Waals surface area contributed by atoms with Crippen LogP contribution in [0.2, 0.25) is 0 Å². The number of anilines is 1. The van der Waals surface area contributed by atoms with Crippen LogP contribution in [-0.4, -0.2) is 47.6 Å². The van der Waals surface area contributed by atoms with Gasteiger partial charge in [0.05, 0.1) is 5.39 Å². The smallest absolute Gasteiger partial charge is 0.140 e. The van der Waals surface area contributed by atoms with Crippen molar-refractivity contribution in [1.29, 1.82) is 0 Å². The van der Waals surface area contributed by atoms with Crippen molar-refractivity contribution in [1.82, 2.24) is 14.9 Å². The normalized spacial score (nSPS) is 16.1. The van der Waals surface area contributed by atoms with E-state index in [4.69, 9.17) is 0 Å². The monoisotopic (exact) mass is 350 g/mol. The molecule has 4 rings (SSSR count). The van der Waals surface area contributed by atoms with Crippen LogP contribution in [0.5, 0.6) is 0 Å². The lowest BCUT2D eigenvalue weighted by atomic mass is 10.2. The summed E-state index contributed by atoms with van der Waals surface area (Å²) in [6, 6.07) is 12.7. The third kappa shape index (κ3) is 3.72. The lowest BCUT2D eigenvalue weighted by molar-refractivity contribution is 0.284. The van der Waals surface area contributed by atoms with Gasteiger partial charge in [-0.3, -0.25) is 4.90 Å². The third-order valence-electron chi connectivity index (χ3n) is 4.58. The molecule has 3 aromatic rings. The van der Waals surface area contributed by atoms with Crippen molar-refractivity contribution in [3.05, 3.63) is 59.2 Å². The molecule has 0 bridgehead atoms. The second kappa shape index (κ2) is 7.33. The quantitative estimate of drug-likeness (QED) is 0.716. The van der Waals surface area contributed by atoms with E-state index in [-0.39, 0.29) is 0 Å². The number of rotatable bonds is 4. The van der Waals surface area contributed by atoms with E-state index in [1.165, 1.54) is 15.8 Å². The molecule has 5 heteroatoms. The molecule has 2 aromatic heterocycles. The minimum atomic E-state index is 0.999. The molecule has 1 aliphatic rings. The summed E-state index contributed by atoms with van der Waals surface area (Å²) >= 11 is 1.74. The van der Waals surface area contributed by atoms with Crippen molar-refractivity contribution in [3.8, 4) is 0 Å². The summed E-state index contributed by atoms with van der Waals surface area (Å²) in [4.78, 5) is 16.2. The molecule has 0 N–H and O–H groups in total. The fourth-order valence-electron chi connectivity index (χ4n) is 3.26. The topological polar surface area (TPSA) is 32.3 Å². The molecule has 4 nitrogen and oxygen atoms in total. The van der Waals surface area contributed by atoms with Gasteiger partial charge in [-0.2, -0.15) is 0 Å². The maximum atomic E-state index is 4.56. The van der Waals surface area contributed by atoms with E-state index in [9.17, 15) is 0 Å². The first-order chi connectivity index (χ1) is 12.3. The summed E-state index contributed by atoms with van der Waals surface area (Å²) in [7, 11) is 0. The van der Waals surface area contributed by atoms with Gasteiger partial charge in [0.2, 0.25) is 0 Å². The van der Waals surface area contributed by atoms with Crippen LogP contribution in [0.25, 0.3) is 16.3 Å². The van der Waals surface area contributed by atoms with Gasteiger partial charge in [-0.05, 0) is 18.6 Å². The average molecular weight is 350 g/mol. The minimum absolute atomic E-state index is 0.999. The Labute approximate surface area is 152 Å². The van der Waals surface area contributed by atoms with E-state index in [1.807, 2.05) is 0 Å². The molecule has 1 aliphatic heterocycles. The van der Waals surface area contributed by atoms with Crippen LogP contribution in [0, 0.1) is 6.92 Å².